The highest BCUT2D eigenvalue weighted by Gasteiger charge is 1.99. The molecule has 21 heavy (non-hydrogen) atoms. The summed E-state index contributed by atoms with van der Waals surface area (Å²) in [6.45, 7) is 1.81. The van der Waals surface area contributed by atoms with Crippen LogP contribution in [-0.2, 0) is 13.1 Å². The zero-order valence-corrected chi connectivity index (χ0v) is 13.5. The summed E-state index contributed by atoms with van der Waals surface area (Å²) in [5, 5.41) is 9.33. The van der Waals surface area contributed by atoms with E-state index in [2.05, 4.69) is 43.3 Å². The molecule has 0 saturated carbocycles. The molecule has 0 heterocycles. The number of phenols is 1. The van der Waals surface area contributed by atoms with Crippen LogP contribution in [0.4, 0.5) is 0 Å². The molecule has 0 radical (unpaired) electrons. The summed E-state index contributed by atoms with van der Waals surface area (Å²) in [6, 6.07) is 17.8. The lowest BCUT2D eigenvalue weighted by atomic mass is 10.2. The van der Waals surface area contributed by atoms with Crippen molar-refractivity contribution < 1.29 is 5.11 Å². The summed E-state index contributed by atoms with van der Waals surface area (Å²) >= 11 is 0. The van der Waals surface area contributed by atoms with Gasteiger partial charge in [0.1, 0.15) is 5.75 Å². The smallest absolute Gasteiger partial charge is 0.120 e. The number of hydrogen-bond donors (Lipinski definition) is 1. The Hall–Kier alpha value is -1.84. The van der Waals surface area contributed by atoms with E-state index in [1.54, 1.807) is 6.07 Å². The summed E-state index contributed by atoms with van der Waals surface area (Å²) in [7, 11) is 8.11. The predicted molar refractivity (Wildman–Crippen MR) is 89.3 cm³/mol. The molecule has 0 atom stereocenters. The molecule has 0 aliphatic carbocycles. The average Bonchev–Trinajstić information content (AvgIpc) is 2.42. The lowest BCUT2D eigenvalue weighted by Gasteiger charge is -2.10. The first-order valence-corrected chi connectivity index (χ1v) is 7.09. The van der Waals surface area contributed by atoms with Gasteiger partial charge in [0.25, 0.3) is 0 Å². The quantitative estimate of drug-likeness (QED) is 0.935. The van der Waals surface area contributed by atoms with Gasteiger partial charge in [0.2, 0.25) is 0 Å². The van der Waals surface area contributed by atoms with Gasteiger partial charge in [-0.2, -0.15) is 0 Å². The lowest BCUT2D eigenvalue weighted by molar-refractivity contribution is 0.386. The van der Waals surface area contributed by atoms with Crippen LogP contribution in [0.1, 0.15) is 11.1 Å². The fourth-order valence-electron chi connectivity index (χ4n) is 1.93. The van der Waals surface area contributed by atoms with Crippen LogP contribution in [0, 0.1) is 0 Å². The molecule has 0 aliphatic rings. The van der Waals surface area contributed by atoms with E-state index in [1.807, 2.05) is 43.3 Å². The van der Waals surface area contributed by atoms with Gasteiger partial charge < -0.3 is 14.9 Å². The Kier molecular flexibility index (Phi) is 7.51. The second-order valence-electron chi connectivity index (χ2n) is 5.59. The fraction of sp³-hybridized carbons (Fsp3) is 0.333. The van der Waals surface area contributed by atoms with Crippen LogP contribution < -0.4 is 0 Å². The van der Waals surface area contributed by atoms with Crippen molar-refractivity contribution in [3.63, 3.8) is 0 Å². The Morgan fingerprint density at radius 1 is 0.714 bits per heavy atom. The highest BCUT2D eigenvalue weighted by molar-refractivity contribution is 5.31. The Labute approximate surface area is 128 Å². The molecule has 3 nitrogen and oxygen atoms in total. The molecule has 2 aromatic rings. The minimum atomic E-state index is 0.376. The molecule has 0 aliphatic heterocycles. The van der Waals surface area contributed by atoms with Gasteiger partial charge in [0, 0.05) is 18.7 Å². The summed E-state index contributed by atoms with van der Waals surface area (Å²) in [5.41, 5.74) is 2.34. The minimum Gasteiger partial charge on any atom is -0.508 e. The maximum atomic E-state index is 9.33. The van der Waals surface area contributed by atoms with E-state index in [-0.39, 0.29) is 0 Å². The van der Waals surface area contributed by atoms with Gasteiger partial charge in [-0.3, -0.25) is 0 Å². The average molecular weight is 286 g/mol. The third kappa shape index (κ3) is 7.49. The van der Waals surface area contributed by atoms with Crippen molar-refractivity contribution in [2.45, 2.75) is 13.1 Å². The van der Waals surface area contributed by atoms with Crippen molar-refractivity contribution in [3.8, 4) is 5.75 Å². The van der Waals surface area contributed by atoms with Crippen LogP contribution in [0.2, 0.25) is 0 Å². The van der Waals surface area contributed by atoms with Gasteiger partial charge >= 0.3 is 0 Å². The van der Waals surface area contributed by atoms with Crippen LogP contribution >= 0.6 is 0 Å². The maximum Gasteiger partial charge on any atom is 0.120 e. The van der Waals surface area contributed by atoms with Crippen molar-refractivity contribution >= 4 is 0 Å². The Balaban J connectivity index is 0.000000211. The molecule has 114 valence electrons. The van der Waals surface area contributed by atoms with Crippen molar-refractivity contribution in [3.05, 3.63) is 65.7 Å². The molecule has 2 aromatic carbocycles. The molecule has 0 unspecified atom stereocenters. The van der Waals surface area contributed by atoms with E-state index in [0.29, 0.717) is 5.75 Å². The van der Waals surface area contributed by atoms with Crippen molar-refractivity contribution in [2.75, 3.05) is 28.2 Å². The molecule has 0 spiro atoms. The molecule has 0 amide bonds. The van der Waals surface area contributed by atoms with E-state index >= 15 is 0 Å². The molecule has 3 heteroatoms. The SMILES string of the molecule is CN(C)Cc1ccccc1.CN(C)Cc1ccccc1O. The highest BCUT2D eigenvalue weighted by Crippen LogP contribution is 2.16. The van der Waals surface area contributed by atoms with Crippen molar-refractivity contribution in [2.24, 2.45) is 0 Å². The number of rotatable bonds is 4. The van der Waals surface area contributed by atoms with E-state index in [4.69, 9.17) is 0 Å². The number of nitrogens with zero attached hydrogens (tertiary/aromatic N) is 2. The molecule has 1 N–H and O–H groups in total. The second kappa shape index (κ2) is 9.16. The van der Waals surface area contributed by atoms with Gasteiger partial charge in [-0.15, -0.1) is 0 Å². The monoisotopic (exact) mass is 286 g/mol. The molecular weight excluding hydrogens is 260 g/mol. The zero-order valence-electron chi connectivity index (χ0n) is 13.5. The van der Waals surface area contributed by atoms with Crippen LogP contribution in [0.25, 0.3) is 0 Å². The van der Waals surface area contributed by atoms with Crippen molar-refractivity contribution in [1.29, 1.82) is 0 Å². The van der Waals surface area contributed by atoms with E-state index in [1.165, 1.54) is 5.56 Å². The van der Waals surface area contributed by atoms with Gasteiger partial charge in [0.15, 0.2) is 0 Å². The topological polar surface area (TPSA) is 26.7 Å². The normalized spacial score (nSPS) is 10.4. The summed E-state index contributed by atoms with van der Waals surface area (Å²) in [4.78, 5) is 4.18. The third-order valence-corrected chi connectivity index (χ3v) is 2.82. The van der Waals surface area contributed by atoms with Crippen LogP contribution in [0.15, 0.2) is 54.6 Å². The molecule has 2 rings (SSSR count). The van der Waals surface area contributed by atoms with E-state index in [0.717, 1.165) is 18.7 Å². The maximum absolute atomic E-state index is 9.33. The molecule has 0 saturated heterocycles. The van der Waals surface area contributed by atoms with E-state index < -0.39 is 0 Å². The highest BCUT2D eigenvalue weighted by atomic mass is 16.3. The van der Waals surface area contributed by atoms with Gasteiger partial charge in [-0.25, -0.2) is 0 Å². The van der Waals surface area contributed by atoms with Crippen LogP contribution in [-0.4, -0.2) is 43.1 Å². The second-order valence-corrected chi connectivity index (χ2v) is 5.59. The standard InChI is InChI=1S/C9H13NO.C9H13N/c1-10(2)7-8-5-3-4-6-9(8)11;1-10(2)8-9-6-4-3-5-7-9/h3-6,11H,7H2,1-2H3;3-7H,8H2,1-2H3. The Bertz CT molecular complexity index is 510. The van der Waals surface area contributed by atoms with Crippen LogP contribution in [0.5, 0.6) is 5.75 Å². The van der Waals surface area contributed by atoms with Gasteiger partial charge in [0.05, 0.1) is 0 Å². The predicted octanol–water partition coefficient (Wildman–Crippen LogP) is 3.20. The Morgan fingerprint density at radius 3 is 1.76 bits per heavy atom. The summed E-state index contributed by atoms with van der Waals surface area (Å²) in [6.07, 6.45) is 0. The first-order chi connectivity index (χ1) is 9.99. The van der Waals surface area contributed by atoms with Gasteiger partial charge in [-0.05, 0) is 39.8 Å². The molecule has 0 aromatic heterocycles. The van der Waals surface area contributed by atoms with Crippen molar-refractivity contribution in [1.82, 2.24) is 9.80 Å². The molecule has 0 fully saturated rings. The lowest BCUT2D eigenvalue weighted by Crippen LogP contribution is -2.10. The third-order valence-electron chi connectivity index (χ3n) is 2.82. The minimum absolute atomic E-state index is 0.376. The zero-order chi connectivity index (χ0) is 15.7. The number of aromatic hydroxyl groups is 1. The first kappa shape index (κ1) is 17.2. The number of phenolic OH excluding ortho intramolecular Hbond substituents is 1. The summed E-state index contributed by atoms with van der Waals surface area (Å²) in [5.74, 6) is 0.376. The van der Waals surface area contributed by atoms with Gasteiger partial charge in [-0.1, -0.05) is 48.5 Å². The Morgan fingerprint density at radius 2 is 1.24 bits per heavy atom. The summed E-state index contributed by atoms with van der Waals surface area (Å²) < 4.78 is 0. The number of para-hydroxylation sites is 1. The fourth-order valence-corrected chi connectivity index (χ4v) is 1.93. The van der Waals surface area contributed by atoms with E-state index in [9.17, 15) is 5.11 Å². The largest absolute Gasteiger partial charge is 0.508 e. The number of hydrogen-bond acceptors (Lipinski definition) is 3. The number of benzene rings is 2. The van der Waals surface area contributed by atoms with Crippen LogP contribution in [0.3, 0.4) is 0 Å². The molecular formula is C18H26N2O. The molecule has 0 bridgehead atoms. The first-order valence-electron chi connectivity index (χ1n) is 7.09.